The van der Waals surface area contributed by atoms with Crippen molar-refractivity contribution in [2.24, 2.45) is 5.10 Å². The average molecular weight is 490 g/mol. The highest BCUT2D eigenvalue weighted by atomic mass is 79.9. The van der Waals surface area contributed by atoms with Crippen LogP contribution in [0.25, 0.3) is 5.82 Å². The van der Waals surface area contributed by atoms with Crippen molar-refractivity contribution < 1.29 is 9.42 Å². The van der Waals surface area contributed by atoms with Crippen LogP contribution in [0.5, 0.6) is 0 Å². The number of nitrogens with zero attached hydrogens (tertiary/aromatic N) is 7. The highest BCUT2D eigenvalue weighted by Gasteiger charge is 2.25. The van der Waals surface area contributed by atoms with E-state index in [9.17, 15) is 4.79 Å². The van der Waals surface area contributed by atoms with E-state index in [0.717, 1.165) is 36.0 Å². The first kappa shape index (κ1) is 22.6. The first-order valence-electron chi connectivity index (χ1n) is 9.87. The van der Waals surface area contributed by atoms with Crippen molar-refractivity contribution in [1.82, 2.24) is 35.6 Å². The number of carbonyl (C=O) groups excluding carboxylic acids is 1. The second kappa shape index (κ2) is 10.8. The molecular formula is C19H24BrN9O2. The van der Waals surface area contributed by atoms with E-state index in [4.69, 9.17) is 10.4 Å². The van der Waals surface area contributed by atoms with Crippen molar-refractivity contribution in [2.45, 2.75) is 33.2 Å². The molecule has 0 aliphatic carbocycles. The van der Waals surface area contributed by atoms with Gasteiger partial charge in [-0.15, -0.1) is 5.10 Å². The Morgan fingerprint density at radius 1 is 1.32 bits per heavy atom. The number of nitrogens with one attached hydrogen (secondary N) is 1. The first-order chi connectivity index (χ1) is 15.0. The summed E-state index contributed by atoms with van der Waals surface area (Å²) in [7, 11) is 0. The minimum absolute atomic E-state index is 0.0586. The number of nitrogen functional groups attached to an aromatic ring is 1. The van der Waals surface area contributed by atoms with E-state index in [1.54, 1.807) is 6.21 Å². The Balaban J connectivity index is 1.87. The molecule has 0 saturated carbocycles. The molecule has 0 fully saturated rings. The number of hydrogen-bond acceptors (Lipinski definition) is 9. The van der Waals surface area contributed by atoms with Crippen LogP contribution in [0, 0.1) is 0 Å². The predicted octanol–water partition coefficient (Wildman–Crippen LogP) is 2.38. The molecule has 3 aromatic rings. The normalized spacial score (nSPS) is 11.5. The van der Waals surface area contributed by atoms with Gasteiger partial charge in [0, 0.05) is 11.0 Å². The summed E-state index contributed by atoms with van der Waals surface area (Å²) in [6.45, 7) is 6.34. The SMILES string of the molecule is CCCN(CCC)Cc1c(C(=O)N/N=C\c2cccc(Br)c2)nnn1-c1nonc1N. The molecule has 3 N–H and O–H groups in total. The van der Waals surface area contributed by atoms with Gasteiger partial charge in [-0.05, 0) is 53.9 Å². The molecule has 11 nitrogen and oxygen atoms in total. The molecule has 0 saturated heterocycles. The standard InChI is InChI=1S/C19H24BrN9O2/c1-3-8-28(9-4-2)12-15-16(23-27-29(15)18-17(21)25-31-26-18)19(30)24-22-11-13-6-5-7-14(20)10-13/h5-7,10-11H,3-4,8-9,12H2,1-2H3,(H2,21,25)(H,24,30)/b22-11-. The molecule has 12 heteroatoms. The third-order valence-corrected chi connectivity index (χ3v) is 4.85. The highest BCUT2D eigenvalue weighted by molar-refractivity contribution is 9.10. The Morgan fingerprint density at radius 2 is 2.10 bits per heavy atom. The molecule has 1 amide bonds. The van der Waals surface area contributed by atoms with Crippen molar-refractivity contribution >= 4 is 33.9 Å². The number of hydrazone groups is 1. The molecule has 0 aliphatic rings. The smallest absolute Gasteiger partial charge is 0.293 e. The van der Waals surface area contributed by atoms with Crippen LogP contribution in [0.3, 0.4) is 0 Å². The van der Waals surface area contributed by atoms with Crippen LogP contribution in [0.1, 0.15) is 48.4 Å². The fraction of sp³-hybridized carbons (Fsp3) is 0.368. The average Bonchev–Trinajstić information content (AvgIpc) is 3.34. The number of amides is 1. The lowest BCUT2D eigenvalue weighted by Gasteiger charge is -2.21. The van der Waals surface area contributed by atoms with Gasteiger partial charge in [0.2, 0.25) is 11.6 Å². The summed E-state index contributed by atoms with van der Waals surface area (Å²) in [6, 6.07) is 7.54. The van der Waals surface area contributed by atoms with Crippen LogP contribution >= 0.6 is 15.9 Å². The van der Waals surface area contributed by atoms with Crippen LogP contribution in [0.4, 0.5) is 5.82 Å². The van der Waals surface area contributed by atoms with E-state index in [1.165, 1.54) is 4.68 Å². The van der Waals surface area contributed by atoms with Crippen molar-refractivity contribution in [2.75, 3.05) is 18.8 Å². The molecule has 31 heavy (non-hydrogen) atoms. The Morgan fingerprint density at radius 3 is 2.74 bits per heavy atom. The van der Waals surface area contributed by atoms with Gasteiger partial charge < -0.3 is 5.73 Å². The second-order valence-electron chi connectivity index (χ2n) is 6.80. The van der Waals surface area contributed by atoms with Crippen molar-refractivity contribution in [1.29, 1.82) is 0 Å². The summed E-state index contributed by atoms with van der Waals surface area (Å²) >= 11 is 3.40. The molecule has 0 bridgehead atoms. The lowest BCUT2D eigenvalue weighted by atomic mass is 10.2. The van der Waals surface area contributed by atoms with Crippen LogP contribution in [-0.2, 0) is 6.54 Å². The second-order valence-corrected chi connectivity index (χ2v) is 7.72. The lowest BCUT2D eigenvalue weighted by molar-refractivity contribution is 0.0947. The predicted molar refractivity (Wildman–Crippen MR) is 119 cm³/mol. The fourth-order valence-electron chi connectivity index (χ4n) is 3.05. The summed E-state index contributed by atoms with van der Waals surface area (Å²) in [6.07, 6.45) is 3.48. The zero-order chi connectivity index (χ0) is 22.2. The number of halogens is 1. The summed E-state index contributed by atoms with van der Waals surface area (Å²) in [5.74, 6) is -0.245. The molecular weight excluding hydrogens is 466 g/mol. The summed E-state index contributed by atoms with van der Waals surface area (Å²) < 4.78 is 6.99. The van der Waals surface area contributed by atoms with Crippen LogP contribution in [-0.4, -0.2) is 55.4 Å². The Hall–Kier alpha value is -3.12. The van der Waals surface area contributed by atoms with Crippen molar-refractivity contribution in [3.05, 3.63) is 45.7 Å². The van der Waals surface area contributed by atoms with E-state index in [0.29, 0.717) is 12.2 Å². The maximum Gasteiger partial charge on any atom is 0.293 e. The van der Waals surface area contributed by atoms with Gasteiger partial charge in [-0.2, -0.15) is 9.78 Å². The Kier molecular flexibility index (Phi) is 7.84. The molecule has 164 valence electrons. The summed E-state index contributed by atoms with van der Waals surface area (Å²) in [5.41, 5.74) is 9.83. The van der Waals surface area contributed by atoms with Gasteiger partial charge in [0.05, 0.1) is 11.9 Å². The monoisotopic (exact) mass is 489 g/mol. The molecule has 0 radical (unpaired) electrons. The molecule has 1 aromatic carbocycles. The molecule has 0 atom stereocenters. The van der Waals surface area contributed by atoms with Crippen LogP contribution < -0.4 is 11.2 Å². The zero-order valence-corrected chi connectivity index (χ0v) is 18.9. The van der Waals surface area contributed by atoms with E-state index >= 15 is 0 Å². The summed E-state index contributed by atoms with van der Waals surface area (Å²) in [5, 5.41) is 19.5. The lowest BCUT2D eigenvalue weighted by Crippen LogP contribution is -2.28. The minimum Gasteiger partial charge on any atom is -0.378 e. The number of aromatic nitrogens is 5. The van der Waals surface area contributed by atoms with E-state index in [2.05, 4.69) is 65.8 Å². The molecule has 2 aromatic heterocycles. The zero-order valence-electron chi connectivity index (χ0n) is 17.3. The number of carbonyl (C=O) groups is 1. The maximum absolute atomic E-state index is 12.8. The van der Waals surface area contributed by atoms with Crippen molar-refractivity contribution in [3.63, 3.8) is 0 Å². The number of nitrogens with two attached hydrogens (primary N) is 1. The van der Waals surface area contributed by atoms with Gasteiger partial charge in [0.15, 0.2) is 5.69 Å². The maximum atomic E-state index is 12.8. The van der Waals surface area contributed by atoms with Gasteiger partial charge in [0.25, 0.3) is 5.91 Å². The first-order valence-corrected chi connectivity index (χ1v) is 10.7. The Bertz CT molecular complexity index is 1040. The molecule has 0 spiro atoms. The van der Waals surface area contributed by atoms with Gasteiger partial charge in [0.1, 0.15) is 0 Å². The number of anilines is 1. The quantitative estimate of drug-likeness (QED) is 0.326. The number of hydrogen-bond donors (Lipinski definition) is 2. The van der Waals surface area contributed by atoms with E-state index in [-0.39, 0.29) is 17.3 Å². The third kappa shape index (κ3) is 5.73. The molecule has 2 heterocycles. The molecule has 0 aliphatic heterocycles. The van der Waals surface area contributed by atoms with E-state index < -0.39 is 5.91 Å². The van der Waals surface area contributed by atoms with Gasteiger partial charge in [-0.25, -0.2) is 10.1 Å². The van der Waals surface area contributed by atoms with Gasteiger partial charge >= 0.3 is 0 Å². The van der Waals surface area contributed by atoms with Crippen LogP contribution in [0.15, 0.2) is 38.5 Å². The number of benzene rings is 1. The molecule has 0 unspecified atom stereocenters. The van der Waals surface area contributed by atoms with Crippen molar-refractivity contribution in [3.8, 4) is 5.82 Å². The molecule has 3 rings (SSSR count). The van der Waals surface area contributed by atoms with Gasteiger partial charge in [-0.1, -0.05) is 47.1 Å². The number of rotatable bonds is 10. The summed E-state index contributed by atoms with van der Waals surface area (Å²) in [4.78, 5) is 15.0. The topological polar surface area (TPSA) is 140 Å². The third-order valence-electron chi connectivity index (χ3n) is 4.36. The fourth-order valence-corrected chi connectivity index (χ4v) is 3.46. The largest absolute Gasteiger partial charge is 0.378 e. The van der Waals surface area contributed by atoms with Gasteiger partial charge in [-0.3, -0.25) is 9.69 Å². The Labute approximate surface area is 187 Å². The van der Waals surface area contributed by atoms with Crippen LogP contribution in [0.2, 0.25) is 0 Å². The minimum atomic E-state index is -0.490. The van der Waals surface area contributed by atoms with E-state index in [1.807, 2.05) is 24.3 Å². The highest BCUT2D eigenvalue weighted by Crippen LogP contribution is 2.18.